The van der Waals surface area contributed by atoms with Gasteiger partial charge < -0.3 is 19.9 Å². The molecular weight excluding hydrogens is 294 g/mol. The van der Waals surface area contributed by atoms with Gasteiger partial charge in [0.1, 0.15) is 5.76 Å². The Morgan fingerprint density at radius 2 is 1.81 bits per heavy atom. The summed E-state index contributed by atoms with van der Waals surface area (Å²) in [5.74, 6) is -1.49. The van der Waals surface area contributed by atoms with E-state index in [1.165, 1.54) is 17.8 Å². The molecule has 1 aromatic carbocycles. The number of hydrogen-bond donors (Lipinski definition) is 3. The Morgan fingerprint density at radius 1 is 1.10 bits per heavy atom. The molecule has 2 rings (SSSR count). The molecule has 0 spiro atoms. The van der Waals surface area contributed by atoms with Crippen molar-refractivity contribution in [3.05, 3.63) is 47.9 Å². The molecule has 1 heterocycles. The molecule has 0 aliphatic heterocycles. The summed E-state index contributed by atoms with van der Waals surface area (Å²) in [6, 6.07) is 10.3. The average Bonchev–Trinajstić information content (AvgIpc) is 2.93. The van der Waals surface area contributed by atoms with Crippen molar-refractivity contribution in [2.24, 2.45) is 0 Å². The van der Waals surface area contributed by atoms with E-state index >= 15 is 0 Å². The maximum absolute atomic E-state index is 10.7. The smallest absolute Gasteiger partial charge is 0.371 e. The molecule has 1 aromatic heterocycles. The van der Waals surface area contributed by atoms with Crippen LogP contribution in [-0.4, -0.2) is 27.9 Å². The van der Waals surface area contributed by atoms with Crippen LogP contribution in [0.3, 0.4) is 0 Å². The van der Waals surface area contributed by atoms with Crippen molar-refractivity contribution < 1.29 is 24.2 Å². The zero-order valence-corrected chi connectivity index (χ0v) is 11.7. The number of anilines is 1. The van der Waals surface area contributed by atoms with Crippen molar-refractivity contribution >= 4 is 29.4 Å². The number of aliphatic carboxylic acids is 1. The first kappa shape index (κ1) is 15.0. The van der Waals surface area contributed by atoms with E-state index in [0.717, 1.165) is 10.6 Å². The topological polar surface area (TPSA) is 99.8 Å². The van der Waals surface area contributed by atoms with Crippen LogP contribution >= 0.6 is 11.8 Å². The lowest BCUT2D eigenvalue weighted by atomic mass is 10.3. The summed E-state index contributed by atoms with van der Waals surface area (Å²) in [5, 5.41) is 20.4. The van der Waals surface area contributed by atoms with Gasteiger partial charge in [-0.3, -0.25) is 4.79 Å². The van der Waals surface area contributed by atoms with Crippen LogP contribution in [0.25, 0.3) is 0 Å². The zero-order chi connectivity index (χ0) is 15.2. The van der Waals surface area contributed by atoms with E-state index in [9.17, 15) is 9.59 Å². The SMILES string of the molecule is O=C(O)CSc1ccc(NCc2ccc(C(=O)O)o2)cc1. The van der Waals surface area contributed by atoms with Gasteiger partial charge in [-0.15, -0.1) is 11.8 Å². The fraction of sp³-hybridized carbons (Fsp3) is 0.143. The minimum atomic E-state index is -1.10. The van der Waals surface area contributed by atoms with E-state index in [1.54, 1.807) is 6.07 Å². The van der Waals surface area contributed by atoms with Gasteiger partial charge in [-0.1, -0.05) is 0 Å². The number of rotatable bonds is 7. The van der Waals surface area contributed by atoms with E-state index < -0.39 is 11.9 Å². The van der Waals surface area contributed by atoms with Crippen molar-refractivity contribution in [3.8, 4) is 0 Å². The molecule has 110 valence electrons. The standard InChI is InChI=1S/C14H13NO5S/c16-13(17)8-21-11-4-1-9(2-5-11)15-7-10-3-6-12(20-10)14(18)19/h1-6,15H,7-8H2,(H,16,17)(H,18,19). The van der Waals surface area contributed by atoms with Gasteiger partial charge in [-0.05, 0) is 36.4 Å². The van der Waals surface area contributed by atoms with Gasteiger partial charge in [0, 0.05) is 10.6 Å². The number of benzene rings is 1. The van der Waals surface area contributed by atoms with E-state index in [0.29, 0.717) is 12.3 Å². The lowest BCUT2D eigenvalue weighted by Gasteiger charge is -2.05. The largest absolute Gasteiger partial charge is 0.481 e. The maximum atomic E-state index is 10.7. The number of nitrogens with one attached hydrogen (secondary N) is 1. The molecule has 0 fully saturated rings. The fourth-order valence-electron chi connectivity index (χ4n) is 1.59. The first-order chi connectivity index (χ1) is 10.0. The van der Waals surface area contributed by atoms with Crippen LogP contribution in [-0.2, 0) is 11.3 Å². The third kappa shape index (κ3) is 4.57. The molecule has 7 heteroatoms. The van der Waals surface area contributed by atoms with Crippen LogP contribution in [0.4, 0.5) is 5.69 Å². The quantitative estimate of drug-likeness (QED) is 0.676. The molecule has 0 bridgehead atoms. The molecule has 6 nitrogen and oxygen atoms in total. The molecule has 0 radical (unpaired) electrons. The Morgan fingerprint density at radius 3 is 2.38 bits per heavy atom. The Kier molecular flexibility index (Phi) is 4.89. The molecule has 0 saturated heterocycles. The number of carboxylic acid groups (broad SMARTS) is 2. The van der Waals surface area contributed by atoms with Gasteiger partial charge in [-0.2, -0.15) is 0 Å². The highest BCUT2D eigenvalue weighted by atomic mass is 32.2. The normalized spacial score (nSPS) is 10.3. The lowest BCUT2D eigenvalue weighted by Crippen LogP contribution is -1.99. The van der Waals surface area contributed by atoms with Crippen LogP contribution in [0, 0.1) is 0 Å². The number of hydrogen-bond acceptors (Lipinski definition) is 5. The van der Waals surface area contributed by atoms with Gasteiger partial charge in [0.25, 0.3) is 0 Å². The molecular formula is C14H13NO5S. The summed E-state index contributed by atoms with van der Waals surface area (Å²) in [7, 11) is 0. The summed E-state index contributed by atoms with van der Waals surface area (Å²) < 4.78 is 5.12. The number of carbonyl (C=O) groups is 2. The lowest BCUT2D eigenvalue weighted by molar-refractivity contribution is -0.133. The monoisotopic (exact) mass is 307 g/mol. The predicted molar refractivity (Wildman–Crippen MR) is 77.8 cm³/mol. The Balaban J connectivity index is 1.88. The number of thioether (sulfide) groups is 1. The Bertz CT molecular complexity index is 635. The first-order valence-electron chi connectivity index (χ1n) is 6.05. The summed E-state index contributed by atoms with van der Waals surface area (Å²) >= 11 is 1.25. The zero-order valence-electron chi connectivity index (χ0n) is 10.9. The van der Waals surface area contributed by atoms with Crippen LogP contribution in [0.5, 0.6) is 0 Å². The second kappa shape index (κ2) is 6.85. The van der Waals surface area contributed by atoms with Crippen LogP contribution in [0.2, 0.25) is 0 Å². The minimum Gasteiger partial charge on any atom is -0.481 e. The molecule has 0 amide bonds. The molecule has 0 aliphatic carbocycles. The fourth-order valence-corrected chi connectivity index (χ4v) is 2.21. The summed E-state index contributed by atoms with van der Waals surface area (Å²) in [6.45, 7) is 0.370. The van der Waals surface area contributed by atoms with Gasteiger partial charge in [0.05, 0.1) is 12.3 Å². The summed E-state index contributed by atoms with van der Waals surface area (Å²) in [5.41, 5.74) is 0.836. The van der Waals surface area contributed by atoms with Gasteiger partial charge in [0.15, 0.2) is 0 Å². The molecule has 0 saturated carbocycles. The van der Waals surface area contributed by atoms with Gasteiger partial charge in [-0.25, -0.2) is 4.79 Å². The number of furan rings is 1. The van der Waals surface area contributed by atoms with Crippen molar-refractivity contribution in [3.63, 3.8) is 0 Å². The maximum Gasteiger partial charge on any atom is 0.371 e. The minimum absolute atomic E-state index is 0.0249. The average molecular weight is 307 g/mol. The first-order valence-corrected chi connectivity index (χ1v) is 7.03. The molecule has 3 N–H and O–H groups in total. The van der Waals surface area contributed by atoms with Crippen LogP contribution in [0.1, 0.15) is 16.3 Å². The highest BCUT2D eigenvalue weighted by Gasteiger charge is 2.08. The van der Waals surface area contributed by atoms with Gasteiger partial charge in [0.2, 0.25) is 5.76 Å². The van der Waals surface area contributed by atoms with E-state index in [1.807, 2.05) is 24.3 Å². The van der Waals surface area contributed by atoms with E-state index in [-0.39, 0.29) is 11.5 Å². The highest BCUT2D eigenvalue weighted by molar-refractivity contribution is 8.00. The third-order valence-electron chi connectivity index (χ3n) is 2.56. The number of carboxylic acids is 2. The molecule has 21 heavy (non-hydrogen) atoms. The molecule has 2 aromatic rings. The van der Waals surface area contributed by atoms with Crippen LogP contribution < -0.4 is 5.32 Å². The molecule has 0 aliphatic rings. The van der Waals surface area contributed by atoms with E-state index in [4.69, 9.17) is 14.6 Å². The van der Waals surface area contributed by atoms with Crippen molar-refractivity contribution in [2.75, 3.05) is 11.1 Å². The Labute approximate surface area is 124 Å². The molecule has 0 unspecified atom stereocenters. The van der Waals surface area contributed by atoms with Crippen molar-refractivity contribution in [2.45, 2.75) is 11.4 Å². The van der Waals surface area contributed by atoms with Crippen molar-refractivity contribution in [1.82, 2.24) is 0 Å². The third-order valence-corrected chi connectivity index (χ3v) is 3.55. The van der Waals surface area contributed by atoms with Gasteiger partial charge >= 0.3 is 11.9 Å². The number of aromatic carboxylic acids is 1. The highest BCUT2D eigenvalue weighted by Crippen LogP contribution is 2.20. The van der Waals surface area contributed by atoms with E-state index in [2.05, 4.69) is 5.32 Å². The van der Waals surface area contributed by atoms with Crippen molar-refractivity contribution in [1.29, 1.82) is 0 Å². The van der Waals surface area contributed by atoms with Crippen LogP contribution in [0.15, 0.2) is 45.7 Å². The second-order valence-corrected chi connectivity index (χ2v) is 5.18. The predicted octanol–water partition coefficient (Wildman–Crippen LogP) is 2.77. The Hall–Kier alpha value is -2.41. The molecule has 0 atom stereocenters. The summed E-state index contributed by atoms with van der Waals surface area (Å²) in [6.07, 6.45) is 0. The second-order valence-electron chi connectivity index (χ2n) is 4.13. The summed E-state index contributed by atoms with van der Waals surface area (Å²) in [4.78, 5) is 22.0.